The third-order valence-electron chi connectivity index (χ3n) is 2.82. The van der Waals surface area contributed by atoms with Crippen LogP contribution in [0.2, 0.25) is 0 Å². The van der Waals surface area contributed by atoms with Crippen LogP contribution in [0.4, 0.5) is 0 Å². The molecule has 0 aliphatic heterocycles. The van der Waals surface area contributed by atoms with Gasteiger partial charge in [0, 0.05) is 31.4 Å². The molecule has 6 nitrogen and oxygen atoms in total. The van der Waals surface area contributed by atoms with Crippen LogP contribution in [0.5, 0.6) is 0 Å². The van der Waals surface area contributed by atoms with Gasteiger partial charge in [0.25, 0.3) is 0 Å². The minimum absolute atomic E-state index is 0.221. The summed E-state index contributed by atoms with van der Waals surface area (Å²) in [5, 5.41) is 15.5. The van der Waals surface area contributed by atoms with Crippen molar-refractivity contribution in [1.29, 1.82) is 0 Å². The van der Waals surface area contributed by atoms with E-state index in [9.17, 15) is 9.59 Å². The van der Waals surface area contributed by atoms with E-state index in [4.69, 9.17) is 5.11 Å². The summed E-state index contributed by atoms with van der Waals surface area (Å²) >= 11 is 0. The first kappa shape index (κ1) is 14.5. The van der Waals surface area contributed by atoms with Gasteiger partial charge in [0.2, 0.25) is 5.91 Å². The van der Waals surface area contributed by atoms with Crippen molar-refractivity contribution in [3.05, 3.63) is 59.4 Å². The van der Waals surface area contributed by atoms with E-state index in [1.54, 1.807) is 42.3 Å². The maximum Gasteiger partial charge on any atom is 0.335 e. The molecule has 0 aliphatic rings. The summed E-state index contributed by atoms with van der Waals surface area (Å²) in [6, 6.07) is 6.37. The molecule has 0 spiro atoms. The highest BCUT2D eigenvalue weighted by molar-refractivity contribution is 5.91. The third kappa shape index (κ3) is 4.31. The number of nitrogens with zero attached hydrogens (tertiary/aromatic N) is 2. The highest BCUT2D eigenvalue weighted by Crippen LogP contribution is 2.04. The van der Waals surface area contributed by atoms with Crippen LogP contribution in [0.15, 0.2) is 42.7 Å². The molecule has 2 N–H and O–H groups in total. The van der Waals surface area contributed by atoms with Crippen LogP contribution in [0.3, 0.4) is 0 Å². The van der Waals surface area contributed by atoms with Gasteiger partial charge in [0.15, 0.2) is 0 Å². The number of amides is 1. The fourth-order valence-corrected chi connectivity index (χ4v) is 1.71. The van der Waals surface area contributed by atoms with E-state index in [-0.39, 0.29) is 11.5 Å². The highest BCUT2D eigenvalue weighted by Gasteiger charge is 2.02. The number of benzene rings is 1. The molecule has 0 fully saturated rings. The number of nitrogens with one attached hydrogen (secondary N) is 1. The van der Waals surface area contributed by atoms with Crippen LogP contribution in [0.1, 0.15) is 21.5 Å². The Kier molecular flexibility index (Phi) is 4.50. The third-order valence-corrected chi connectivity index (χ3v) is 2.82. The molecule has 108 valence electrons. The second kappa shape index (κ2) is 6.51. The first-order chi connectivity index (χ1) is 10.0. The molecule has 0 radical (unpaired) electrons. The molecule has 0 unspecified atom stereocenters. The van der Waals surface area contributed by atoms with E-state index in [0.717, 1.165) is 11.1 Å². The van der Waals surface area contributed by atoms with Crippen molar-refractivity contribution < 1.29 is 14.7 Å². The van der Waals surface area contributed by atoms with Gasteiger partial charge in [-0.3, -0.25) is 9.48 Å². The van der Waals surface area contributed by atoms with E-state index >= 15 is 0 Å². The van der Waals surface area contributed by atoms with Crippen molar-refractivity contribution in [2.45, 2.75) is 6.54 Å². The quantitative estimate of drug-likeness (QED) is 0.814. The molecule has 1 aromatic carbocycles. The van der Waals surface area contributed by atoms with Crippen LogP contribution in [0, 0.1) is 0 Å². The normalized spacial score (nSPS) is 10.7. The fraction of sp³-hybridized carbons (Fsp3) is 0.133. The van der Waals surface area contributed by atoms with Crippen LogP contribution >= 0.6 is 0 Å². The van der Waals surface area contributed by atoms with Gasteiger partial charge in [-0.25, -0.2) is 4.79 Å². The Morgan fingerprint density at radius 2 is 2.05 bits per heavy atom. The standard InChI is InChI=1S/C15H15N3O3/c1-18-10-12(9-17-18)4-7-14(19)16-8-11-2-5-13(6-3-11)15(20)21/h2-7,9-10H,8H2,1H3,(H,16,19)(H,20,21)/b7-4+. The molecule has 0 saturated heterocycles. The monoisotopic (exact) mass is 285 g/mol. The van der Waals surface area contributed by atoms with Crippen molar-refractivity contribution >= 4 is 18.0 Å². The van der Waals surface area contributed by atoms with Gasteiger partial charge in [-0.05, 0) is 23.8 Å². The predicted octanol–water partition coefficient (Wildman–Crippen LogP) is 1.45. The van der Waals surface area contributed by atoms with Crippen LogP contribution in [0.25, 0.3) is 6.08 Å². The molecule has 1 heterocycles. The lowest BCUT2D eigenvalue weighted by molar-refractivity contribution is -0.116. The SMILES string of the molecule is Cn1cc(/C=C/C(=O)NCc2ccc(C(=O)O)cc2)cn1. The number of carbonyl (C=O) groups excluding carboxylic acids is 1. The molecule has 0 atom stereocenters. The summed E-state index contributed by atoms with van der Waals surface area (Å²) < 4.78 is 1.65. The minimum Gasteiger partial charge on any atom is -0.478 e. The molecule has 6 heteroatoms. The lowest BCUT2D eigenvalue weighted by Crippen LogP contribution is -2.20. The Morgan fingerprint density at radius 1 is 1.33 bits per heavy atom. The molecule has 1 amide bonds. The molecule has 2 rings (SSSR count). The van der Waals surface area contributed by atoms with Crippen molar-refractivity contribution in [2.24, 2.45) is 7.05 Å². The molecule has 0 saturated carbocycles. The van der Waals surface area contributed by atoms with Crippen LogP contribution < -0.4 is 5.32 Å². The van der Waals surface area contributed by atoms with Crippen molar-refractivity contribution in [1.82, 2.24) is 15.1 Å². The van der Waals surface area contributed by atoms with Gasteiger partial charge >= 0.3 is 5.97 Å². The Labute approximate surface area is 121 Å². The van der Waals surface area contributed by atoms with Crippen molar-refractivity contribution in [3.8, 4) is 0 Å². The molecular formula is C15H15N3O3. The molecule has 0 bridgehead atoms. The lowest BCUT2D eigenvalue weighted by atomic mass is 10.1. The molecule has 21 heavy (non-hydrogen) atoms. The average Bonchev–Trinajstić information content (AvgIpc) is 2.89. The topological polar surface area (TPSA) is 84.2 Å². The Hall–Kier alpha value is -2.89. The van der Waals surface area contributed by atoms with Crippen molar-refractivity contribution in [3.63, 3.8) is 0 Å². The molecule has 2 aromatic rings. The summed E-state index contributed by atoms with van der Waals surface area (Å²) in [6.45, 7) is 0.343. The zero-order valence-corrected chi connectivity index (χ0v) is 11.5. The second-order valence-electron chi connectivity index (χ2n) is 4.50. The van der Waals surface area contributed by atoms with E-state index in [1.807, 2.05) is 0 Å². The van der Waals surface area contributed by atoms with Gasteiger partial charge in [-0.15, -0.1) is 0 Å². The van der Waals surface area contributed by atoms with Crippen molar-refractivity contribution in [2.75, 3.05) is 0 Å². The number of rotatable bonds is 5. The van der Waals surface area contributed by atoms with E-state index in [2.05, 4.69) is 10.4 Å². The van der Waals surface area contributed by atoms with Gasteiger partial charge in [0.05, 0.1) is 11.8 Å². The maximum atomic E-state index is 11.7. The predicted molar refractivity (Wildman–Crippen MR) is 77.5 cm³/mol. The Balaban J connectivity index is 1.86. The summed E-state index contributed by atoms with van der Waals surface area (Å²) in [4.78, 5) is 22.4. The Morgan fingerprint density at radius 3 is 2.62 bits per heavy atom. The number of hydrogen-bond donors (Lipinski definition) is 2. The van der Waals surface area contributed by atoms with E-state index in [1.165, 1.54) is 18.2 Å². The largest absolute Gasteiger partial charge is 0.478 e. The number of aromatic carboxylic acids is 1. The second-order valence-corrected chi connectivity index (χ2v) is 4.50. The summed E-state index contributed by atoms with van der Waals surface area (Å²) in [5.74, 6) is -1.19. The fourth-order valence-electron chi connectivity index (χ4n) is 1.71. The number of carboxylic acids is 1. The van der Waals surface area contributed by atoms with E-state index in [0.29, 0.717) is 6.54 Å². The number of carbonyl (C=O) groups is 2. The summed E-state index contributed by atoms with van der Waals surface area (Å²) in [6.07, 6.45) is 6.57. The van der Waals surface area contributed by atoms with Gasteiger partial charge < -0.3 is 10.4 Å². The molecule has 1 aromatic heterocycles. The maximum absolute atomic E-state index is 11.7. The van der Waals surface area contributed by atoms with Gasteiger partial charge in [-0.2, -0.15) is 5.10 Å². The van der Waals surface area contributed by atoms with Gasteiger partial charge in [-0.1, -0.05) is 12.1 Å². The zero-order chi connectivity index (χ0) is 15.2. The number of carboxylic acid groups (broad SMARTS) is 1. The first-order valence-electron chi connectivity index (χ1n) is 6.31. The minimum atomic E-state index is -0.968. The number of aromatic nitrogens is 2. The van der Waals surface area contributed by atoms with Crippen LogP contribution in [-0.2, 0) is 18.4 Å². The smallest absolute Gasteiger partial charge is 0.335 e. The molecule has 0 aliphatic carbocycles. The summed E-state index contributed by atoms with van der Waals surface area (Å²) in [7, 11) is 1.80. The highest BCUT2D eigenvalue weighted by atomic mass is 16.4. The Bertz CT molecular complexity index is 672. The molecular weight excluding hydrogens is 270 g/mol. The van der Waals surface area contributed by atoms with Gasteiger partial charge in [0.1, 0.15) is 0 Å². The van der Waals surface area contributed by atoms with E-state index < -0.39 is 5.97 Å². The zero-order valence-electron chi connectivity index (χ0n) is 11.5. The first-order valence-corrected chi connectivity index (χ1v) is 6.31. The summed E-state index contributed by atoms with van der Waals surface area (Å²) in [5.41, 5.74) is 1.91. The van der Waals surface area contributed by atoms with Crippen LogP contribution in [-0.4, -0.2) is 26.8 Å². The average molecular weight is 285 g/mol. The number of aryl methyl sites for hydroxylation is 1. The number of hydrogen-bond acceptors (Lipinski definition) is 3. The lowest BCUT2D eigenvalue weighted by Gasteiger charge is -2.03.